The maximum Gasteiger partial charge on any atom is 0.222 e. The lowest BCUT2D eigenvalue weighted by Gasteiger charge is -2.47. The normalized spacial score (nSPS) is 21.2. The number of piperidine rings is 2. The molecule has 3 rings (SSSR count). The van der Waals surface area contributed by atoms with Crippen LogP contribution in [0.2, 0.25) is 0 Å². The van der Waals surface area contributed by atoms with Crippen LogP contribution in [0.15, 0.2) is 12.4 Å². The molecule has 6 nitrogen and oxygen atoms in total. The highest BCUT2D eigenvalue weighted by molar-refractivity contribution is 5.77. The third kappa shape index (κ3) is 4.42. The molecular weight excluding hydrogens is 316 g/mol. The molecule has 2 aliphatic rings. The zero-order valence-electron chi connectivity index (χ0n) is 15.7. The molecule has 0 saturated carbocycles. The Balaban J connectivity index is 1.54. The molecule has 3 heterocycles. The van der Waals surface area contributed by atoms with Crippen LogP contribution in [0, 0.1) is 5.41 Å². The summed E-state index contributed by atoms with van der Waals surface area (Å²) in [6, 6.07) is 0. The van der Waals surface area contributed by atoms with E-state index < -0.39 is 0 Å². The number of likely N-dealkylation sites (tertiary alicyclic amines) is 2. The van der Waals surface area contributed by atoms with Gasteiger partial charge in [0.05, 0.1) is 13.2 Å². The molecule has 2 saturated heterocycles. The maximum absolute atomic E-state index is 12.1. The van der Waals surface area contributed by atoms with E-state index in [2.05, 4.69) is 27.6 Å². The molecule has 0 N–H and O–H groups in total. The number of hydrogen-bond donors (Lipinski definition) is 0. The van der Waals surface area contributed by atoms with Gasteiger partial charge in [-0.3, -0.25) is 9.69 Å². The highest BCUT2D eigenvalue weighted by atomic mass is 16.5. The number of imidazole rings is 1. The molecule has 140 valence electrons. The van der Waals surface area contributed by atoms with Gasteiger partial charge in [0.1, 0.15) is 5.82 Å². The Morgan fingerprint density at radius 1 is 1.24 bits per heavy atom. The van der Waals surface area contributed by atoms with Crippen LogP contribution in [0.25, 0.3) is 0 Å². The molecular formula is C19H32N4O2. The van der Waals surface area contributed by atoms with E-state index in [-0.39, 0.29) is 0 Å². The molecule has 1 aromatic rings. The third-order valence-corrected chi connectivity index (χ3v) is 5.86. The Labute approximate surface area is 151 Å². The van der Waals surface area contributed by atoms with Gasteiger partial charge in [0, 0.05) is 45.6 Å². The first kappa shape index (κ1) is 18.4. The highest BCUT2D eigenvalue weighted by Crippen LogP contribution is 2.40. The fourth-order valence-corrected chi connectivity index (χ4v) is 4.24. The quantitative estimate of drug-likeness (QED) is 0.758. The molecule has 1 amide bonds. The van der Waals surface area contributed by atoms with E-state index in [9.17, 15) is 4.79 Å². The van der Waals surface area contributed by atoms with Crippen LogP contribution in [0.4, 0.5) is 0 Å². The maximum atomic E-state index is 12.1. The summed E-state index contributed by atoms with van der Waals surface area (Å²) in [6.07, 6.45) is 9.24. The van der Waals surface area contributed by atoms with Gasteiger partial charge in [-0.25, -0.2) is 4.98 Å². The van der Waals surface area contributed by atoms with Crippen LogP contribution in [0.1, 0.15) is 44.9 Å². The molecule has 0 radical (unpaired) electrons. The van der Waals surface area contributed by atoms with Crippen molar-refractivity contribution in [3.8, 4) is 0 Å². The molecule has 0 aliphatic carbocycles. The molecule has 2 fully saturated rings. The average molecular weight is 348 g/mol. The SMILES string of the molecule is CCCn1ccnc1CN1CCC2(CCC(=O)N(CCOC)C2)CC1. The third-order valence-electron chi connectivity index (χ3n) is 5.86. The first-order chi connectivity index (χ1) is 12.2. The van der Waals surface area contributed by atoms with Gasteiger partial charge < -0.3 is 14.2 Å². The minimum absolute atomic E-state index is 0.298. The summed E-state index contributed by atoms with van der Waals surface area (Å²) in [5.74, 6) is 1.48. The van der Waals surface area contributed by atoms with E-state index in [1.807, 2.05) is 11.1 Å². The summed E-state index contributed by atoms with van der Waals surface area (Å²) < 4.78 is 7.44. The number of ether oxygens (including phenoxy) is 1. The van der Waals surface area contributed by atoms with Crippen LogP contribution in [0.5, 0.6) is 0 Å². The van der Waals surface area contributed by atoms with Crippen molar-refractivity contribution < 1.29 is 9.53 Å². The molecule has 25 heavy (non-hydrogen) atoms. The van der Waals surface area contributed by atoms with Crippen LogP contribution in [-0.2, 0) is 22.6 Å². The van der Waals surface area contributed by atoms with Gasteiger partial charge in [-0.1, -0.05) is 6.92 Å². The molecule has 1 aromatic heterocycles. The predicted octanol–water partition coefficient (Wildman–Crippen LogP) is 2.14. The van der Waals surface area contributed by atoms with Crippen LogP contribution in [-0.4, -0.2) is 65.2 Å². The lowest BCUT2D eigenvalue weighted by Crippen LogP contribution is -2.52. The fraction of sp³-hybridized carbons (Fsp3) is 0.789. The number of carbonyl (C=O) groups excluding carboxylic acids is 1. The van der Waals surface area contributed by atoms with E-state index in [1.165, 1.54) is 18.7 Å². The molecule has 1 spiro atoms. The Bertz CT molecular complexity index is 564. The minimum atomic E-state index is 0.298. The van der Waals surface area contributed by atoms with E-state index in [4.69, 9.17) is 4.74 Å². The summed E-state index contributed by atoms with van der Waals surface area (Å²) in [7, 11) is 1.70. The molecule has 0 unspecified atom stereocenters. The smallest absolute Gasteiger partial charge is 0.222 e. The number of methoxy groups -OCH3 is 1. The second-order valence-electron chi connectivity index (χ2n) is 7.62. The number of aromatic nitrogens is 2. The Morgan fingerprint density at radius 2 is 2.04 bits per heavy atom. The summed E-state index contributed by atoms with van der Waals surface area (Å²) in [5, 5.41) is 0. The van der Waals surface area contributed by atoms with Gasteiger partial charge in [0.15, 0.2) is 0 Å². The van der Waals surface area contributed by atoms with Gasteiger partial charge in [0.25, 0.3) is 0 Å². The second-order valence-corrected chi connectivity index (χ2v) is 7.62. The van der Waals surface area contributed by atoms with Crippen molar-refractivity contribution in [2.45, 2.75) is 52.1 Å². The Hall–Kier alpha value is -1.40. The van der Waals surface area contributed by atoms with Gasteiger partial charge in [0.2, 0.25) is 5.91 Å². The standard InChI is InChI=1S/C19H32N4O2/c1-3-9-22-12-8-20-17(22)15-21-10-6-19(7-11-21)5-4-18(24)23(16-19)13-14-25-2/h8,12H,3-7,9-11,13-16H2,1-2H3. The van der Waals surface area contributed by atoms with Crippen LogP contribution < -0.4 is 0 Å². The van der Waals surface area contributed by atoms with Gasteiger partial charge in [-0.15, -0.1) is 0 Å². The first-order valence-corrected chi connectivity index (χ1v) is 9.65. The second kappa shape index (κ2) is 8.32. The molecule has 0 bridgehead atoms. The number of rotatable bonds is 7. The number of carbonyl (C=O) groups is 1. The number of aryl methyl sites for hydroxylation is 1. The molecule has 0 aromatic carbocycles. The van der Waals surface area contributed by atoms with Crippen LogP contribution in [0.3, 0.4) is 0 Å². The molecule has 0 atom stereocenters. The monoisotopic (exact) mass is 348 g/mol. The van der Waals surface area contributed by atoms with Crippen molar-refractivity contribution in [1.29, 1.82) is 0 Å². The number of nitrogens with zero attached hydrogens (tertiary/aromatic N) is 4. The lowest BCUT2D eigenvalue weighted by molar-refractivity contribution is -0.140. The highest BCUT2D eigenvalue weighted by Gasteiger charge is 2.40. The zero-order chi connectivity index (χ0) is 17.7. The van der Waals surface area contributed by atoms with Gasteiger partial charge >= 0.3 is 0 Å². The average Bonchev–Trinajstić information content (AvgIpc) is 3.05. The van der Waals surface area contributed by atoms with Crippen molar-refractivity contribution in [2.24, 2.45) is 5.41 Å². The summed E-state index contributed by atoms with van der Waals surface area (Å²) >= 11 is 0. The van der Waals surface area contributed by atoms with Crippen LogP contribution >= 0.6 is 0 Å². The largest absolute Gasteiger partial charge is 0.383 e. The van der Waals surface area contributed by atoms with E-state index >= 15 is 0 Å². The fourth-order valence-electron chi connectivity index (χ4n) is 4.24. The van der Waals surface area contributed by atoms with Crippen molar-refractivity contribution in [3.63, 3.8) is 0 Å². The summed E-state index contributed by atoms with van der Waals surface area (Å²) in [5.41, 5.74) is 0.316. The Kier molecular flexibility index (Phi) is 6.12. The Morgan fingerprint density at radius 3 is 2.76 bits per heavy atom. The number of hydrogen-bond acceptors (Lipinski definition) is 4. The number of amides is 1. The van der Waals surface area contributed by atoms with E-state index in [0.29, 0.717) is 24.3 Å². The molecule has 6 heteroatoms. The van der Waals surface area contributed by atoms with E-state index in [1.54, 1.807) is 7.11 Å². The van der Waals surface area contributed by atoms with Gasteiger partial charge in [-0.2, -0.15) is 0 Å². The van der Waals surface area contributed by atoms with Crippen molar-refractivity contribution in [3.05, 3.63) is 18.2 Å². The van der Waals surface area contributed by atoms with Crippen molar-refractivity contribution in [1.82, 2.24) is 19.4 Å². The topological polar surface area (TPSA) is 50.6 Å². The minimum Gasteiger partial charge on any atom is -0.383 e. The lowest BCUT2D eigenvalue weighted by atomic mass is 9.72. The zero-order valence-corrected chi connectivity index (χ0v) is 15.7. The van der Waals surface area contributed by atoms with E-state index in [0.717, 1.165) is 52.1 Å². The van der Waals surface area contributed by atoms with Crippen molar-refractivity contribution >= 4 is 5.91 Å². The molecule has 2 aliphatic heterocycles. The summed E-state index contributed by atoms with van der Waals surface area (Å²) in [4.78, 5) is 21.2. The van der Waals surface area contributed by atoms with Crippen molar-refractivity contribution in [2.75, 3.05) is 39.9 Å². The van der Waals surface area contributed by atoms with Gasteiger partial charge in [-0.05, 0) is 44.2 Å². The first-order valence-electron chi connectivity index (χ1n) is 9.65. The summed E-state index contributed by atoms with van der Waals surface area (Å²) in [6.45, 7) is 8.67. The predicted molar refractivity (Wildman–Crippen MR) is 97.2 cm³/mol.